The Bertz CT molecular complexity index is 892. The Morgan fingerprint density at radius 3 is 2.91 bits per heavy atom. The first kappa shape index (κ1) is 23.0. The molecule has 4 rings (SSSR count). The van der Waals surface area contributed by atoms with Gasteiger partial charge < -0.3 is 14.8 Å². The largest absolute Gasteiger partial charge is 0.463 e. The summed E-state index contributed by atoms with van der Waals surface area (Å²) >= 11 is 0. The first-order chi connectivity index (χ1) is 15.6. The highest BCUT2D eigenvalue weighted by molar-refractivity contribution is 5.69. The van der Waals surface area contributed by atoms with E-state index in [0.29, 0.717) is 18.9 Å². The van der Waals surface area contributed by atoms with Crippen LogP contribution in [0.5, 0.6) is 0 Å². The fraction of sp³-hybridized carbons (Fsp3) is 0.720. The maximum atomic E-state index is 12.3. The van der Waals surface area contributed by atoms with Crippen molar-refractivity contribution < 1.29 is 14.3 Å². The van der Waals surface area contributed by atoms with Crippen LogP contribution in [0.1, 0.15) is 90.2 Å². The zero-order chi connectivity index (χ0) is 22.4. The van der Waals surface area contributed by atoms with Crippen LogP contribution < -0.4 is 5.32 Å². The molecular formula is C25H38N4O3. The molecule has 7 heteroatoms. The number of nitrogens with zero attached hydrogens (tertiary/aromatic N) is 3. The summed E-state index contributed by atoms with van der Waals surface area (Å²) in [6.07, 6.45) is 13.5. The Balaban J connectivity index is 1.34. The second-order valence-electron chi connectivity index (χ2n) is 9.66. The van der Waals surface area contributed by atoms with Crippen molar-refractivity contribution in [3.05, 3.63) is 24.2 Å². The zero-order valence-corrected chi connectivity index (χ0v) is 19.6. The number of carbonyl (C=O) groups is 1. The summed E-state index contributed by atoms with van der Waals surface area (Å²) in [5.74, 6) is 1.29. The molecule has 0 radical (unpaired) electrons. The van der Waals surface area contributed by atoms with E-state index >= 15 is 0 Å². The highest BCUT2D eigenvalue weighted by Crippen LogP contribution is 2.40. The molecule has 2 aromatic rings. The molecule has 7 nitrogen and oxygen atoms in total. The summed E-state index contributed by atoms with van der Waals surface area (Å²) < 4.78 is 14.0. The average molecular weight is 443 g/mol. The number of nitrogens with one attached hydrogen (secondary N) is 1. The Morgan fingerprint density at radius 1 is 1.25 bits per heavy atom. The predicted octanol–water partition coefficient (Wildman–Crippen LogP) is 5.24. The number of rotatable bonds is 10. The molecule has 1 saturated heterocycles. The van der Waals surface area contributed by atoms with Gasteiger partial charge in [-0.15, -0.1) is 0 Å². The van der Waals surface area contributed by atoms with Gasteiger partial charge in [0.15, 0.2) is 5.82 Å². The third-order valence-electron chi connectivity index (χ3n) is 7.05. The molecule has 1 aliphatic carbocycles. The van der Waals surface area contributed by atoms with Crippen LogP contribution in [0.25, 0.3) is 5.52 Å². The molecule has 0 bridgehead atoms. The van der Waals surface area contributed by atoms with Crippen LogP contribution in [0.15, 0.2) is 18.5 Å². The van der Waals surface area contributed by atoms with Crippen LogP contribution in [0.3, 0.4) is 0 Å². The van der Waals surface area contributed by atoms with Crippen LogP contribution in [0.4, 0.5) is 5.82 Å². The first-order valence-electron chi connectivity index (χ1n) is 12.5. The van der Waals surface area contributed by atoms with Crippen molar-refractivity contribution in [1.29, 1.82) is 0 Å². The highest BCUT2D eigenvalue weighted by Gasteiger charge is 2.40. The molecule has 1 unspecified atom stereocenters. The molecule has 1 N–H and O–H groups in total. The van der Waals surface area contributed by atoms with Crippen LogP contribution in [-0.2, 0) is 19.9 Å². The van der Waals surface area contributed by atoms with Crippen molar-refractivity contribution in [1.82, 2.24) is 14.6 Å². The van der Waals surface area contributed by atoms with Crippen molar-refractivity contribution in [2.75, 3.05) is 18.5 Å². The van der Waals surface area contributed by atoms with Gasteiger partial charge in [0.05, 0.1) is 11.8 Å². The third kappa shape index (κ3) is 5.42. The lowest BCUT2D eigenvalue weighted by Crippen LogP contribution is -2.27. The van der Waals surface area contributed by atoms with Gasteiger partial charge in [-0.1, -0.05) is 39.0 Å². The van der Waals surface area contributed by atoms with Gasteiger partial charge in [-0.3, -0.25) is 4.79 Å². The fourth-order valence-electron chi connectivity index (χ4n) is 5.15. The van der Waals surface area contributed by atoms with Crippen molar-refractivity contribution in [3.63, 3.8) is 0 Å². The quantitative estimate of drug-likeness (QED) is 0.400. The molecule has 176 valence electrons. The molecule has 0 amide bonds. The highest BCUT2D eigenvalue weighted by atomic mass is 16.6. The lowest BCUT2D eigenvalue weighted by molar-refractivity contribution is -0.151. The van der Waals surface area contributed by atoms with E-state index in [-0.39, 0.29) is 12.1 Å². The van der Waals surface area contributed by atoms with Crippen LogP contribution in [0.2, 0.25) is 0 Å². The van der Waals surface area contributed by atoms with Gasteiger partial charge in [-0.05, 0) is 57.1 Å². The number of carbonyl (C=O) groups excluding carboxylic acids is 1. The summed E-state index contributed by atoms with van der Waals surface area (Å²) in [5.41, 5.74) is 1.52. The van der Waals surface area contributed by atoms with Gasteiger partial charge in [0, 0.05) is 13.0 Å². The van der Waals surface area contributed by atoms with Crippen LogP contribution in [-0.4, -0.2) is 39.8 Å². The molecule has 1 aliphatic heterocycles. The number of hydrogen-bond donors (Lipinski definition) is 1. The van der Waals surface area contributed by atoms with E-state index in [1.165, 1.54) is 32.1 Å². The Kier molecular flexibility index (Phi) is 7.66. The molecule has 0 spiro atoms. The van der Waals surface area contributed by atoms with Gasteiger partial charge in [0.25, 0.3) is 0 Å². The van der Waals surface area contributed by atoms with E-state index in [9.17, 15) is 4.79 Å². The second kappa shape index (κ2) is 10.6. The summed E-state index contributed by atoms with van der Waals surface area (Å²) in [6, 6.07) is 4.14. The summed E-state index contributed by atoms with van der Waals surface area (Å²) in [4.78, 5) is 16.7. The fourth-order valence-corrected chi connectivity index (χ4v) is 5.15. The van der Waals surface area contributed by atoms with E-state index < -0.39 is 5.60 Å². The molecule has 32 heavy (non-hydrogen) atoms. The van der Waals surface area contributed by atoms with E-state index in [2.05, 4.69) is 41.4 Å². The van der Waals surface area contributed by atoms with Gasteiger partial charge in [0.1, 0.15) is 24.1 Å². The topological polar surface area (TPSA) is 77.8 Å². The predicted molar refractivity (Wildman–Crippen MR) is 125 cm³/mol. The maximum absolute atomic E-state index is 12.3. The van der Waals surface area contributed by atoms with Crippen LogP contribution >= 0.6 is 0 Å². The lowest BCUT2D eigenvalue weighted by Gasteiger charge is -2.25. The van der Waals surface area contributed by atoms with Crippen molar-refractivity contribution >= 4 is 17.3 Å². The Labute approximate surface area is 191 Å². The van der Waals surface area contributed by atoms with Crippen molar-refractivity contribution in [2.24, 2.45) is 5.92 Å². The number of fused-ring (bicyclic) bond motifs is 1. The minimum atomic E-state index is -0.458. The standard InChI is InChI=1S/C25H38N4O3/c1-3-4-8-15-26-24-21-11-12-22(29(21)28-18-27-24)25(2)14-13-20(32-25)17-31-23(30)16-19-9-6-5-7-10-19/h11-12,18-20H,3-10,13-17H2,1-2H3,(H,26,27,28)/t20?,25-/m1/s1. The number of anilines is 1. The normalized spacial score (nSPS) is 24.1. The summed E-state index contributed by atoms with van der Waals surface area (Å²) in [7, 11) is 0. The minimum Gasteiger partial charge on any atom is -0.463 e. The van der Waals surface area contributed by atoms with E-state index in [4.69, 9.17) is 9.47 Å². The van der Waals surface area contributed by atoms with Gasteiger partial charge in [-0.2, -0.15) is 5.10 Å². The number of aromatic nitrogens is 3. The molecule has 2 aliphatic rings. The summed E-state index contributed by atoms with van der Waals surface area (Å²) in [5, 5.41) is 7.94. The molecule has 3 heterocycles. The maximum Gasteiger partial charge on any atom is 0.306 e. The van der Waals surface area contributed by atoms with Gasteiger partial charge in [0.2, 0.25) is 0 Å². The SMILES string of the molecule is CCCCCNc1ncnn2c([C@@]3(C)CCC(COC(=O)CC4CCCCC4)O3)ccc12. The number of esters is 1. The van der Waals surface area contributed by atoms with E-state index in [1.54, 1.807) is 6.33 Å². The Hall–Kier alpha value is -2.15. The van der Waals surface area contributed by atoms with Gasteiger partial charge in [-0.25, -0.2) is 9.50 Å². The zero-order valence-electron chi connectivity index (χ0n) is 19.6. The molecule has 1 saturated carbocycles. The smallest absolute Gasteiger partial charge is 0.306 e. The Morgan fingerprint density at radius 2 is 2.09 bits per heavy atom. The average Bonchev–Trinajstić information content (AvgIpc) is 3.41. The molecule has 2 atom stereocenters. The third-order valence-corrected chi connectivity index (χ3v) is 7.05. The number of unbranched alkanes of at least 4 members (excludes halogenated alkanes) is 2. The number of ether oxygens (including phenoxy) is 2. The molecule has 0 aromatic carbocycles. The second-order valence-corrected chi connectivity index (χ2v) is 9.66. The minimum absolute atomic E-state index is 0.0747. The van der Waals surface area contributed by atoms with E-state index in [0.717, 1.165) is 55.7 Å². The van der Waals surface area contributed by atoms with E-state index in [1.807, 2.05) is 4.52 Å². The molecular weight excluding hydrogens is 404 g/mol. The first-order valence-corrected chi connectivity index (χ1v) is 12.5. The van der Waals surface area contributed by atoms with Gasteiger partial charge >= 0.3 is 5.97 Å². The van der Waals surface area contributed by atoms with Crippen molar-refractivity contribution in [2.45, 2.75) is 96.2 Å². The number of hydrogen-bond acceptors (Lipinski definition) is 6. The van der Waals surface area contributed by atoms with Crippen LogP contribution in [0, 0.1) is 5.92 Å². The monoisotopic (exact) mass is 442 g/mol. The molecule has 2 fully saturated rings. The lowest BCUT2D eigenvalue weighted by atomic mass is 9.87. The molecule has 2 aromatic heterocycles. The summed E-state index contributed by atoms with van der Waals surface area (Å²) in [6.45, 7) is 5.55. The van der Waals surface area contributed by atoms with Crippen molar-refractivity contribution in [3.8, 4) is 0 Å².